The van der Waals surface area contributed by atoms with Gasteiger partial charge in [-0.05, 0) is 5.56 Å². The van der Waals surface area contributed by atoms with E-state index < -0.39 is 14.7 Å². The Labute approximate surface area is 118 Å². The van der Waals surface area contributed by atoms with Crippen molar-refractivity contribution in [3.8, 4) is 0 Å². The largest absolute Gasteiger partial charge is 0.449 e. The Kier molecular flexibility index (Phi) is 4.17. The number of ether oxygens (including phenoxy) is 1. The summed E-state index contributed by atoms with van der Waals surface area (Å²) in [5.74, 6) is 0. The SMILES string of the molecule is O=C(NCc1ccccc1)OCC12COP(OC1)OC2. The minimum atomic E-state index is -1.15. The summed E-state index contributed by atoms with van der Waals surface area (Å²) >= 11 is 0. The molecular formula is C13H16NO5P. The lowest BCUT2D eigenvalue weighted by atomic mass is 9.92. The minimum absolute atomic E-state index is 0.233. The first-order valence-corrected chi connectivity index (χ1v) is 7.49. The molecule has 1 amide bonds. The molecular weight excluding hydrogens is 281 g/mol. The van der Waals surface area contributed by atoms with Crippen LogP contribution in [0.5, 0.6) is 0 Å². The fourth-order valence-corrected chi connectivity index (χ4v) is 3.33. The molecule has 2 bridgehead atoms. The van der Waals surface area contributed by atoms with Crippen LogP contribution in [0.4, 0.5) is 4.79 Å². The Balaban J connectivity index is 1.43. The number of carbonyl (C=O) groups is 1. The van der Waals surface area contributed by atoms with Gasteiger partial charge < -0.3 is 23.6 Å². The van der Waals surface area contributed by atoms with Gasteiger partial charge in [0, 0.05) is 6.54 Å². The van der Waals surface area contributed by atoms with E-state index in [9.17, 15) is 4.79 Å². The number of amides is 1. The average Bonchev–Trinajstić information content (AvgIpc) is 2.54. The molecule has 20 heavy (non-hydrogen) atoms. The lowest BCUT2D eigenvalue weighted by molar-refractivity contribution is -0.0980. The quantitative estimate of drug-likeness (QED) is 0.863. The van der Waals surface area contributed by atoms with Crippen LogP contribution in [0.1, 0.15) is 5.56 Å². The summed E-state index contributed by atoms with van der Waals surface area (Å²) in [6.45, 7) is 2.23. The Morgan fingerprint density at radius 1 is 1.20 bits per heavy atom. The van der Waals surface area contributed by atoms with Gasteiger partial charge in [0.1, 0.15) is 6.61 Å². The number of rotatable bonds is 4. The first-order chi connectivity index (χ1) is 9.76. The molecule has 4 rings (SSSR count). The van der Waals surface area contributed by atoms with E-state index in [0.717, 1.165) is 5.56 Å². The Hall–Kier alpha value is -1.20. The smallest absolute Gasteiger partial charge is 0.407 e. The monoisotopic (exact) mass is 297 g/mol. The molecule has 0 aromatic heterocycles. The number of fused-ring (bicyclic) bond motifs is 3. The number of hydrogen-bond donors (Lipinski definition) is 1. The molecule has 3 fully saturated rings. The van der Waals surface area contributed by atoms with Gasteiger partial charge in [0.25, 0.3) is 0 Å². The van der Waals surface area contributed by atoms with Gasteiger partial charge in [0.2, 0.25) is 0 Å². The van der Waals surface area contributed by atoms with E-state index in [1.54, 1.807) is 0 Å². The molecule has 1 N–H and O–H groups in total. The van der Waals surface area contributed by atoms with Crippen LogP contribution in [0, 0.1) is 5.41 Å². The third-order valence-corrected chi connectivity index (χ3v) is 4.24. The van der Waals surface area contributed by atoms with Gasteiger partial charge in [-0.1, -0.05) is 30.3 Å². The molecule has 0 unspecified atom stereocenters. The van der Waals surface area contributed by atoms with Gasteiger partial charge in [-0.3, -0.25) is 0 Å². The molecule has 3 heterocycles. The first kappa shape index (κ1) is 13.8. The van der Waals surface area contributed by atoms with E-state index in [0.29, 0.717) is 26.4 Å². The summed E-state index contributed by atoms with van der Waals surface area (Å²) < 4.78 is 21.3. The number of hydrogen-bond acceptors (Lipinski definition) is 5. The Morgan fingerprint density at radius 2 is 1.85 bits per heavy atom. The van der Waals surface area contributed by atoms with Crippen molar-refractivity contribution in [2.24, 2.45) is 5.41 Å². The normalized spacial score (nSPS) is 28.1. The summed E-state index contributed by atoms with van der Waals surface area (Å²) in [5.41, 5.74) is 0.667. The molecule has 0 aliphatic carbocycles. The van der Waals surface area contributed by atoms with Crippen LogP contribution >= 0.6 is 8.60 Å². The highest BCUT2D eigenvalue weighted by atomic mass is 31.2. The first-order valence-electron chi connectivity index (χ1n) is 6.39. The van der Waals surface area contributed by atoms with Crippen molar-refractivity contribution in [3.63, 3.8) is 0 Å². The van der Waals surface area contributed by atoms with E-state index >= 15 is 0 Å². The molecule has 0 radical (unpaired) electrons. The predicted molar refractivity (Wildman–Crippen MR) is 71.8 cm³/mol. The molecule has 1 aromatic rings. The topological polar surface area (TPSA) is 66.0 Å². The molecule has 3 aliphatic heterocycles. The number of alkyl carbamates (subject to hydrolysis) is 1. The fourth-order valence-electron chi connectivity index (χ4n) is 1.97. The summed E-state index contributed by atoms with van der Waals surface area (Å²) in [4.78, 5) is 11.7. The molecule has 3 saturated heterocycles. The number of nitrogens with one attached hydrogen (secondary N) is 1. The molecule has 0 spiro atoms. The van der Waals surface area contributed by atoms with Crippen LogP contribution in [-0.2, 0) is 24.9 Å². The predicted octanol–water partition coefficient (Wildman–Crippen LogP) is 2.20. The van der Waals surface area contributed by atoms with Gasteiger partial charge >= 0.3 is 14.7 Å². The zero-order valence-corrected chi connectivity index (χ0v) is 11.8. The van der Waals surface area contributed by atoms with Gasteiger partial charge in [0.05, 0.1) is 25.2 Å². The van der Waals surface area contributed by atoms with Crippen molar-refractivity contribution in [1.29, 1.82) is 0 Å². The van der Waals surface area contributed by atoms with Gasteiger partial charge in [-0.15, -0.1) is 0 Å². The molecule has 0 atom stereocenters. The van der Waals surface area contributed by atoms with E-state index in [2.05, 4.69) is 5.32 Å². The summed E-state index contributed by atoms with van der Waals surface area (Å²) in [5, 5.41) is 2.71. The van der Waals surface area contributed by atoms with E-state index in [4.69, 9.17) is 18.3 Å². The zero-order chi connectivity index (χ0) is 13.8. The lowest BCUT2D eigenvalue weighted by Gasteiger charge is -2.43. The van der Waals surface area contributed by atoms with Crippen LogP contribution < -0.4 is 5.32 Å². The highest BCUT2D eigenvalue weighted by molar-refractivity contribution is 7.41. The maximum Gasteiger partial charge on any atom is 0.407 e. The summed E-state index contributed by atoms with van der Waals surface area (Å²) in [6.07, 6.45) is -0.443. The van der Waals surface area contributed by atoms with Crippen LogP contribution in [0.2, 0.25) is 0 Å². The number of carbonyl (C=O) groups excluding carboxylic acids is 1. The van der Waals surface area contributed by atoms with E-state index in [1.807, 2.05) is 30.3 Å². The van der Waals surface area contributed by atoms with Crippen LogP contribution in [0.25, 0.3) is 0 Å². The third kappa shape index (κ3) is 3.27. The molecule has 1 aromatic carbocycles. The van der Waals surface area contributed by atoms with Crippen molar-refractivity contribution in [3.05, 3.63) is 35.9 Å². The molecule has 108 valence electrons. The molecule has 0 saturated carbocycles. The maximum atomic E-state index is 11.7. The fraction of sp³-hybridized carbons (Fsp3) is 0.462. The van der Waals surface area contributed by atoms with Gasteiger partial charge in [-0.25, -0.2) is 4.79 Å². The number of benzene rings is 1. The highest BCUT2D eigenvalue weighted by Gasteiger charge is 2.45. The third-order valence-electron chi connectivity index (χ3n) is 3.22. The second-order valence-corrected chi connectivity index (χ2v) is 6.18. The van der Waals surface area contributed by atoms with Crippen molar-refractivity contribution < 1.29 is 23.1 Å². The zero-order valence-electron chi connectivity index (χ0n) is 10.9. The second kappa shape index (κ2) is 6.06. The van der Waals surface area contributed by atoms with Crippen LogP contribution in [0.3, 0.4) is 0 Å². The van der Waals surface area contributed by atoms with Gasteiger partial charge in [0.15, 0.2) is 0 Å². The molecule has 6 nitrogen and oxygen atoms in total. The minimum Gasteiger partial charge on any atom is -0.449 e. The molecule has 3 aliphatic rings. The summed E-state index contributed by atoms with van der Waals surface area (Å²) in [7, 11) is -1.15. The highest BCUT2D eigenvalue weighted by Crippen LogP contribution is 2.53. The Morgan fingerprint density at radius 3 is 2.50 bits per heavy atom. The second-order valence-electron chi connectivity index (χ2n) is 4.96. The average molecular weight is 297 g/mol. The van der Waals surface area contributed by atoms with Crippen LogP contribution in [0.15, 0.2) is 30.3 Å². The van der Waals surface area contributed by atoms with Crippen molar-refractivity contribution >= 4 is 14.7 Å². The lowest BCUT2D eigenvalue weighted by Crippen LogP contribution is -2.47. The van der Waals surface area contributed by atoms with Crippen LogP contribution in [-0.4, -0.2) is 32.5 Å². The molecule has 7 heteroatoms. The van der Waals surface area contributed by atoms with Crippen molar-refractivity contribution in [2.45, 2.75) is 6.54 Å². The summed E-state index contributed by atoms with van der Waals surface area (Å²) in [6, 6.07) is 9.67. The van der Waals surface area contributed by atoms with Crippen molar-refractivity contribution in [1.82, 2.24) is 5.32 Å². The standard InChI is InChI=1S/C13H16NO5P/c15-12(14-6-11-4-2-1-3-5-11)16-7-13-8-17-20(18-9-13)19-10-13/h1-5H,6-10H2,(H,14,15). The van der Waals surface area contributed by atoms with Gasteiger partial charge in [-0.2, -0.15) is 0 Å². The van der Waals surface area contributed by atoms with E-state index in [-0.39, 0.29) is 12.0 Å². The maximum absolute atomic E-state index is 11.7. The van der Waals surface area contributed by atoms with Crippen molar-refractivity contribution in [2.75, 3.05) is 26.4 Å². The van der Waals surface area contributed by atoms with E-state index in [1.165, 1.54) is 0 Å². The Bertz CT molecular complexity index is 447.